The van der Waals surface area contributed by atoms with E-state index in [9.17, 15) is 4.79 Å². The first kappa shape index (κ1) is 17.2. The molecule has 128 valence electrons. The molecule has 4 nitrogen and oxygen atoms in total. The molecule has 0 aliphatic carbocycles. The fourth-order valence-corrected chi connectivity index (χ4v) is 3.03. The molecule has 2 aromatic carbocycles. The van der Waals surface area contributed by atoms with Gasteiger partial charge in [-0.15, -0.1) is 11.3 Å². The first-order valence-electron chi connectivity index (χ1n) is 8.12. The number of carbonyl (C=O) groups excluding carboxylic acids is 1. The molecule has 1 N–H and O–H groups in total. The molecule has 25 heavy (non-hydrogen) atoms. The van der Waals surface area contributed by atoms with Crippen molar-refractivity contribution >= 4 is 22.9 Å². The van der Waals surface area contributed by atoms with Gasteiger partial charge in [-0.25, -0.2) is 4.98 Å². The number of rotatable bonds is 5. The lowest BCUT2D eigenvalue weighted by atomic mass is 10.1. The van der Waals surface area contributed by atoms with Gasteiger partial charge in [0.25, 0.3) is 5.91 Å². The Bertz CT molecular complexity index is 869. The lowest BCUT2D eigenvalue weighted by Gasteiger charge is -2.10. The van der Waals surface area contributed by atoms with E-state index in [2.05, 4.69) is 10.3 Å². The number of hydrogen-bond donors (Lipinski definition) is 1. The highest BCUT2D eigenvalue weighted by Crippen LogP contribution is 2.24. The van der Waals surface area contributed by atoms with Crippen molar-refractivity contribution in [1.82, 2.24) is 4.98 Å². The standard InChI is InChI=1S/C20H20N2O2S/c1-13(2)24-18-9-7-15(8-10-18)20(23)22-17-6-4-5-16(11-17)19-12-25-14(3)21-19/h4-13H,1-3H3,(H,22,23). The van der Waals surface area contributed by atoms with Crippen molar-refractivity contribution in [2.24, 2.45) is 0 Å². The highest BCUT2D eigenvalue weighted by molar-refractivity contribution is 7.09. The van der Waals surface area contributed by atoms with Gasteiger partial charge in [0.2, 0.25) is 0 Å². The quantitative estimate of drug-likeness (QED) is 0.690. The molecule has 0 fully saturated rings. The number of anilines is 1. The highest BCUT2D eigenvalue weighted by Gasteiger charge is 2.08. The molecular weight excluding hydrogens is 332 g/mol. The Morgan fingerprint density at radius 3 is 2.56 bits per heavy atom. The van der Waals surface area contributed by atoms with Gasteiger partial charge in [0, 0.05) is 22.2 Å². The second-order valence-electron chi connectivity index (χ2n) is 5.98. The molecule has 1 heterocycles. The maximum absolute atomic E-state index is 12.4. The summed E-state index contributed by atoms with van der Waals surface area (Å²) in [4.78, 5) is 16.9. The Labute approximate surface area is 151 Å². The first-order valence-corrected chi connectivity index (χ1v) is 9.00. The fraction of sp³-hybridized carbons (Fsp3) is 0.200. The van der Waals surface area contributed by atoms with E-state index in [0.29, 0.717) is 5.56 Å². The molecule has 0 saturated heterocycles. The topological polar surface area (TPSA) is 51.2 Å². The van der Waals surface area contributed by atoms with Crippen LogP contribution in [0, 0.1) is 6.92 Å². The molecule has 1 amide bonds. The molecule has 0 spiro atoms. The molecule has 3 rings (SSSR count). The zero-order chi connectivity index (χ0) is 17.8. The van der Waals surface area contributed by atoms with E-state index < -0.39 is 0 Å². The number of nitrogens with one attached hydrogen (secondary N) is 1. The summed E-state index contributed by atoms with van der Waals surface area (Å²) in [5, 5.41) is 5.97. The van der Waals surface area contributed by atoms with Gasteiger partial charge in [-0.1, -0.05) is 12.1 Å². The summed E-state index contributed by atoms with van der Waals surface area (Å²) in [6.45, 7) is 5.92. The van der Waals surface area contributed by atoms with Crippen LogP contribution in [0.15, 0.2) is 53.9 Å². The average Bonchev–Trinajstić information content (AvgIpc) is 3.02. The average molecular weight is 352 g/mol. The highest BCUT2D eigenvalue weighted by atomic mass is 32.1. The first-order chi connectivity index (χ1) is 12.0. The van der Waals surface area contributed by atoms with Crippen LogP contribution in [0.1, 0.15) is 29.2 Å². The van der Waals surface area contributed by atoms with Crippen molar-refractivity contribution in [3.05, 3.63) is 64.5 Å². The summed E-state index contributed by atoms with van der Waals surface area (Å²) >= 11 is 1.61. The third-order valence-corrected chi connectivity index (χ3v) is 4.30. The summed E-state index contributed by atoms with van der Waals surface area (Å²) < 4.78 is 5.60. The Morgan fingerprint density at radius 1 is 1.16 bits per heavy atom. The van der Waals surface area contributed by atoms with E-state index in [1.165, 1.54) is 0 Å². The van der Waals surface area contributed by atoms with Crippen LogP contribution < -0.4 is 10.1 Å². The smallest absolute Gasteiger partial charge is 0.255 e. The van der Waals surface area contributed by atoms with Crippen LogP contribution >= 0.6 is 11.3 Å². The third-order valence-electron chi connectivity index (χ3n) is 3.52. The maximum atomic E-state index is 12.4. The Balaban J connectivity index is 1.72. The molecule has 0 aliphatic rings. The molecule has 0 saturated carbocycles. The lowest BCUT2D eigenvalue weighted by molar-refractivity contribution is 0.102. The molecular formula is C20H20N2O2S. The largest absolute Gasteiger partial charge is 0.491 e. The van der Waals surface area contributed by atoms with E-state index in [-0.39, 0.29) is 12.0 Å². The van der Waals surface area contributed by atoms with Gasteiger partial charge < -0.3 is 10.1 Å². The fourth-order valence-electron chi connectivity index (χ4n) is 2.41. The number of thiazole rings is 1. The van der Waals surface area contributed by atoms with Crippen molar-refractivity contribution in [2.75, 3.05) is 5.32 Å². The van der Waals surface area contributed by atoms with Crippen molar-refractivity contribution < 1.29 is 9.53 Å². The van der Waals surface area contributed by atoms with Gasteiger partial charge in [-0.05, 0) is 57.2 Å². The van der Waals surface area contributed by atoms with Crippen molar-refractivity contribution in [2.45, 2.75) is 26.9 Å². The van der Waals surface area contributed by atoms with Crippen LogP contribution in [0.3, 0.4) is 0 Å². The van der Waals surface area contributed by atoms with Crippen LogP contribution in [0.5, 0.6) is 5.75 Å². The molecule has 0 radical (unpaired) electrons. The predicted octanol–water partition coefficient (Wildman–Crippen LogP) is 5.16. The number of ether oxygens (including phenoxy) is 1. The lowest BCUT2D eigenvalue weighted by Crippen LogP contribution is -2.12. The summed E-state index contributed by atoms with van der Waals surface area (Å²) in [7, 11) is 0. The van der Waals surface area contributed by atoms with Crippen LogP contribution in [0.25, 0.3) is 11.3 Å². The Kier molecular flexibility index (Phi) is 5.14. The van der Waals surface area contributed by atoms with Crippen molar-refractivity contribution in [1.29, 1.82) is 0 Å². The minimum absolute atomic E-state index is 0.108. The molecule has 5 heteroatoms. The van der Waals surface area contributed by atoms with E-state index in [0.717, 1.165) is 27.7 Å². The molecule has 0 atom stereocenters. The number of amides is 1. The Hall–Kier alpha value is -2.66. The second-order valence-corrected chi connectivity index (χ2v) is 7.04. The van der Waals surface area contributed by atoms with E-state index in [1.54, 1.807) is 23.5 Å². The molecule has 0 aliphatic heterocycles. The van der Waals surface area contributed by atoms with Crippen LogP contribution in [0.2, 0.25) is 0 Å². The van der Waals surface area contributed by atoms with Crippen molar-refractivity contribution in [3.63, 3.8) is 0 Å². The van der Waals surface area contributed by atoms with Gasteiger partial charge in [0.15, 0.2) is 0 Å². The summed E-state index contributed by atoms with van der Waals surface area (Å²) in [5.41, 5.74) is 3.25. The minimum atomic E-state index is -0.150. The summed E-state index contributed by atoms with van der Waals surface area (Å²) in [5.74, 6) is 0.607. The summed E-state index contributed by atoms with van der Waals surface area (Å²) in [6, 6.07) is 14.9. The molecule has 3 aromatic rings. The molecule has 0 unspecified atom stereocenters. The summed E-state index contributed by atoms with van der Waals surface area (Å²) in [6.07, 6.45) is 0.108. The zero-order valence-electron chi connectivity index (χ0n) is 14.4. The van der Waals surface area contributed by atoms with E-state index in [4.69, 9.17) is 4.74 Å². The van der Waals surface area contributed by atoms with Crippen LogP contribution in [-0.2, 0) is 0 Å². The van der Waals surface area contributed by atoms with Gasteiger partial charge in [0.1, 0.15) is 5.75 Å². The van der Waals surface area contributed by atoms with Gasteiger partial charge in [-0.2, -0.15) is 0 Å². The predicted molar refractivity (Wildman–Crippen MR) is 102 cm³/mol. The van der Waals surface area contributed by atoms with Crippen molar-refractivity contribution in [3.8, 4) is 17.0 Å². The molecule has 1 aromatic heterocycles. The minimum Gasteiger partial charge on any atom is -0.491 e. The normalized spacial score (nSPS) is 10.7. The van der Waals surface area contributed by atoms with Gasteiger partial charge >= 0.3 is 0 Å². The number of nitrogens with zero attached hydrogens (tertiary/aromatic N) is 1. The maximum Gasteiger partial charge on any atom is 0.255 e. The van der Waals surface area contributed by atoms with Gasteiger partial charge in [-0.3, -0.25) is 4.79 Å². The Morgan fingerprint density at radius 2 is 1.92 bits per heavy atom. The number of aromatic nitrogens is 1. The number of benzene rings is 2. The number of carbonyl (C=O) groups is 1. The SMILES string of the molecule is Cc1nc(-c2cccc(NC(=O)c3ccc(OC(C)C)cc3)c2)cs1. The second kappa shape index (κ2) is 7.49. The van der Waals surface area contributed by atoms with Crippen LogP contribution in [-0.4, -0.2) is 17.0 Å². The molecule has 0 bridgehead atoms. The van der Waals surface area contributed by atoms with Crippen LogP contribution in [0.4, 0.5) is 5.69 Å². The van der Waals surface area contributed by atoms with Gasteiger partial charge in [0.05, 0.1) is 16.8 Å². The van der Waals surface area contributed by atoms with E-state index >= 15 is 0 Å². The number of hydrogen-bond acceptors (Lipinski definition) is 4. The zero-order valence-corrected chi connectivity index (χ0v) is 15.3. The third kappa shape index (κ3) is 4.45. The number of aryl methyl sites for hydroxylation is 1. The monoisotopic (exact) mass is 352 g/mol. The van der Waals surface area contributed by atoms with E-state index in [1.807, 2.05) is 62.5 Å².